The van der Waals surface area contributed by atoms with Crippen LogP contribution in [0.5, 0.6) is 0 Å². The van der Waals surface area contributed by atoms with Crippen LogP contribution in [-0.4, -0.2) is 69.7 Å². The molecule has 2 rings (SSSR count). The minimum Gasteiger partial charge on any atom is -1.00 e. The summed E-state index contributed by atoms with van der Waals surface area (Å²) in [5.74, 6) is 0. The van der Waals surface area contributed by atoms with Crippen molar-refractivity contribution in [3.8, 4) is 0 Å². The van der Waals surface area contributed by atoms with Gasteiger partial charge < -0.3 is 24.8 Å². The first-order valence-corrected chi connectivity index (χ1v) is 8.53. The second-order valence-electron chi connectivity index (χ2n) is 5.88. The normalized spacial score (nSPS) is 25.4. The number of nitrogens with zero attached hydrogens (tertiary/aromatic N) is 2. The summed E-state index contributed by atoms with van der Waals surface area (Å²) in [6.07, 6.45) is 0. The first-order chi connectivity index (χ1) is 10.1. The van der Waals surface area contributed by atoms with E-state index in [1.807, 2.05) is 0 Å². The topological polar surface area (TPSA) is 30.5 Å². The van der Waals surface area contributed by atoms with Gasteiger partial charge in [0.2, 0.25) is 0 Å². The van der Waals surface area contributed by atoms with E-state index in [0.29, 0.717) is 0 Å². The molecule has 1 fully saturated rings. The minimum atomic E-state index is 0. The predicted octanol–water partition coefficient (Wildman–Crippen LogP) is -5.55. The van der Waals surface area contributed by atoms with Gasteiger partial charge in [-0.2, -0.15) is 0 Å². The van der Waals surface area contributed by atoms with Crippen molar-refractivity contribution in [3.63, 3.8) is 0 Å². The fourth-order valence-electron chi connectivity index (χ4n) is 2.64. The number of hydrogen-bond donors (Lipinski definition) is 2. The maximum absolute atomic E-state index is 3.62. The minimum absolute atomic E-state index is 0. The quantitative estimate of drug-likeness (QED) is 0.466. The number of nitrogens with one attached hydrogen (secondary N) is 2. The summed E-state index contributed by atoms with van der Waals surface area (Å²) in [5.41, 5.74) is 1.38. The standard InChI is InChI=1S/C16H27N4.2ClH.Ti/c1-19-11-10-17-8-9-18-14-16(20(2)13-12-19)15-6-4-3-5-7-15;;;/h3-7,17-18H,8-14H2,1-2H3;2*1H;/q;;;+2/p-2. The van der Waals surface area contributed by atoms with Crippen LogP contribution in [0.3, 0.4) is 0 Å². The monoisotopic (exact) mass is 393 g/mol. The summed E-state index contributed by atoms with van der Waals surface area (Å²) < 4.78 is 0.0291. The van der Waals surface area contributed by atoms with Crippen molar-refractivity contribution >= 4 is 0 Å². The number of likely N-dealkylation sites (N-methyl/N-ethyl adjacent to an activating group) is 2. The fourth-order valence-corrected chi connectivity index (χ4v) is 3.27. The molecule has 1 aliphatic heterocycles. The molecule has 0 radical (unpaired) electrons. The van der Waals surface area contributed by atoms with Gasteiger partial charge in [0.05, 0.1) is 0 Å². The summed E-state index contributed by atoms with van der Waals surface area (Å²) in [5, 5.41) is 7.11. The van der Waals surface area contributed by atoms with Crippen LogP contribution in [0.4, 0.5) is 0 Å². The van der Waals surface area contributed by atoms with E-state index in [1.165, 1.54) is 5.56 Å². The summed E-state index contributed by atoms with van der Waals surface area (Å²) >= 11 is 2.34. The van der Waals surface area contributed by atoms with Crippen molar-refractivity contribution in [3.05, 3.63) is 35.9 Å². The molecule has 7 heteroatoms. The fraction of sp³-hybridized carbons (Fsp3) is 0.625. The zero-order valence-corrected chi connectivity index (χ0v) is 17.1. The summed E-state index contributed by atoms with van der Waals surface area (Å²) in [6.45, 7) is 7.36. The van der Waals surface area contributed by atoms with Crippen LogP contribution >= 0.6 is 0 Å². The Kier molecular flexibility index (Phi) is 12.0. The Morgan fingerprint density at radius 3 is 2.26 bits per heavy atom. The summed E-state index contributed by atoms with van der Waals surface area (Å²) in [7, 11) is 4.45. The van der Waals surface area contributed by atoms with E-state index in [1.54, 1.807) is 0 Å². The molecule has 1 aromatic carbocycles. The van der Waals surface area contributed by atoms with Crippen LogP contribution in [0.2, 0.25) is 0 Å². The molecule has 0 aromatic heterocycles. The van der Waals surface area contributed by atoms with Crippen LogP contribution in [-0.2, 0) is 24.3 Å². The van der Waals surface area contributed by atoms with Crippen LogP contribution in [0.15, 0.2) is 30.3 Å². The van der Waals surface area contributed by atoms with E-state index in [4.69, 9.17) is 0 Å². The molecule has 2 N–H and O–H groups in total. The Morgan fingerprint density at radius 2 is 1.57 bits per heavy atom. The van der Waals surface area contributed by atoms with Crippen molar-refractivity contribution in [1.29, 1.82) is 0 Å². The van der Waals surface area contributed by atoms with Crippen molar-refractivity contribution in [1.82, 2.24) is 20.4 Å². The van der Waals surface area contributed by atoms with Crippen molar-refractivity contribution < 1.29 is 45.2 Å². The van der Waals surface area contributed by atoms with E-state index >= 15 is 0 Å². The third-order valence-electron chi connectivity index (χ3n) is 4.25. The Hall–Kier alpha value is 0.354. The second-order valence-corrected chi connectivity index (χ2v) is 7.17. The zero-order chi connectivity index (χ0) is 15.1. The molecule has 0 spiro atoms. The molecule has 0 bridgehead atoms. The Balaban J connectivity index is 0.00000242. The predicted molar refractivity (Wildman–Crippen MR) is 84.0 cm³/mol. The molecule has 1 heterocycles. The van der Waals surface area contributed by atoms with Crippen LogP contribution < -0.4 is 35.4 Å². The van der Waals surface area contributed by atoms with Crippen LogP contribution in [0.25, 0.3) is 0 Å². The Labute approximate surface area is 165 Å². The van der Waals surface area contributed by atoms with Crippen molar-refractivity contribution in [2.75, 3.05) is 59.9 Å². The van der Waals surface area contributed by atoms with Gasteiger partial charge in [-0.3, -0.25) is 0 Å². The number of hydrogen-bond acceptors (Lipinski definition) is 4. The molecule has 4 nitrogen and oxygen atoms in total. The molecule has 1 atom stereocenters. The van der Waals surface area contributed by atoms with E-state index in [0.717, 1.165) is 45.8 Å². The first-order valence-electron chi connectivity index (χ1n) is 7.75. The van der Waals surface area contributed by atoms with Crippen molar-refractivity contribution in [2.45, 2.75) is 3.84 Å². The number of benzene rings is 1. The van der Waals surface area contributed by atoms with Crippen molar-refractivity contribution in [2.24, 2.45) is 0 Å². The van der Waals surface area contributed by atoms with Gasteiger partial charge in [-0.1, -0.05) is 0 Å². The SMILES string of the molecule is CN1CCNCCNC[C]([Ti+2])(c2ccccc2)N(C)CC1.[Cl-].[Cl-]. The van der Waals surface area contributed by atoms with Gasteiger partial charge in [0.15, 0.2) is 0 Å². The van der Waals surface area contributed by atoms with E-state index in [2.05, 4.69) is 85.3 Å². The largest absolute Gasteiger partial charge is 1.00 e. The molecule has 23 heavy (non-hydrogen) atoms. The average molecular weight is 394 g/mol. The third-order valence-corrected chi connectivity index (χ3v) is 5.57. The van der Waals surface area contributed by atoms with Gasteiger partial charge in [-0.25, -0.2) is 0 Å². The van der Waals surface area contributed by atoms with Gasteiger partial charge in [0.25, 0.3) is 0 Å². The molecule has 1 aromatic rings. The number of rotatable bonds is 1. The molecular formula is C16H27Cl2N4Ti. The van der Waals surface area contributed by atoms with E-state index in [-0.39, 0.29) is 28.7 Å². The van der Waals surface area contributed by atoms with Crippen LogP contribution in [0.1, 0.15) is 5.56 Å². The third kappa shape index (κ3) is 7.01. The summed E-state index contributed by atoms with van der Waals surface area (Å²) in [4.78, 5) is 4.89. The zero-order valence-electron chi connectivity index (χ0n) is 14.0. The smallest absolute Gasteiger partial charge is 1.00 e. The Morgan fingerprint density at radius 1 is 0.913 bits per heavy atom. The van der Waals surface area contributed by atoms with E-state index < -0.39 is 0 Å². The van der Waals surface area contributed by atoms with Gasteiger partial charge in [0, 0.05) is 0 Å². The second kappa shape index (κ2) is 11.8. The van der Waals surface area contributed by atoms with Gasteiger partial charge in [0.1, 0.15) is 0 Å². The summed E-state index contributed by atoms with van der Waals surface area (Å²) in [6, 6.07) is 10.8. The molecule has 0 saturated carbocycles. The molecular weight excluding hydrogens is 367 g/mol. The maximum atomic E-state index is 3.62. The maximum Gasteiger partial charge on any atom is -1.00 e. The molecule has 1 saturated heterocycles. The Bertz CT molecular complexity index is 424. The molecule has 129 valence electrons. The van der Waals surface area contributed by atoms with Crippen LogP contribution in [0, 0.1) is 0 Å². The molecule has 1 aliphatic rings. The van der Waals surface area contributed by atoms with Gasteiger partial charge >= 0.3 is 141 Å². The van der Waals surface area contributed by atoms with E-state index in [9.17, 15) is 0 Å². The molecule has 0 amide bonds. The van der Waals surface area contributed by atoms with Gasteiger partial charge in [-0.05, 0) is 0 Å². The average Bonchev–Trinajstić information content (AvgIpc) is 2.51. The molecule has 1 unspecified atom stereocenters. The number of halogens is 2. The van der Waals surface area contributed by atoms with Gasteiger partial charge in [-0.15, -0.1) is 0 Å². The first kappa shape index (κ1) is 23.4. The molecule has 0 aliphatic carbocycles.